The lowest BCUT2D eigenvalue weighted by molar-refractivity contribution is 0.166. The molecule has 1 unspecified atom stereocenters. The summed E-state index contributed by atoms with van der Waals surface area (Å²) in [5.74, 6) is 1.87. The Morgan fingerprint density at radius 2 is 1.40 bits per heavy atom. The molecule has 1 atom stereocenters. The third-order valence-corrected chi connectivity index (χ3v) is 13.4. The summed E-state index contributed by atoms with van der Waals surface area (Å²) in [5, 5.41) is 2.61. The van der Waals surface area contributed by atoms with E-state index < -0.39 is 13.9 Å². The molecule has 0 N–H and O–H groups in total. The Hall–Kier alpha value is -4.08. The predicted octanol–water partition coefficient (Wildman–Crippen LogP) is 10.2. The van der Waals surface area contributed by atoms with E-state index in [1.54, 1.807) is 0 Å². The summed E-state index contributed by atoms with van der Waals surface area (Å²) < 4.78 is 13.5. The van der Waals surface area contributed by atoms with Crippen molar-refractivity contribution in [1.29, 1.82) is 0 Å². The quantitative estimate of drug-likeness (QED) is 0.213. The SMILES string of the molecule is CC(C)(C)[Si](C)(C)Oc1ccc(-c2ccc3c(c2)-c2ccccc2C32C=Cc3c(ccc4ccccc34)O2)cc1. The maximum atomic E-state index is 6.98. The number of hydrogen-bond donors (Lipinski definition) is 0. The molecular formula is C37H34O2Si. The van der Waals surface area contributed by atoms with Crippen molar-refractivity contribution in [2.45, 2.75) is 44.5 Å². The average molecular weight is 539 g/mol. The van der Waals surface area contributed by atoms with Gasteiger partial charge in [-0.05, 0) is 87.6 Å². The Bertz CT molecular complexity index is 1810. The molecule has 1 heterocycles. The summed E-state index contributed by atoms with van der Waals surface area (Å²) in [4.78, 5) is 0. The highest BCUT2D eigenvalue weighted by molar-refractivity contribution is 6.74. The molecule has 2 nitrogen and oxygen atoms in total. The molecule has 1 aliphatic carbocycles. The number of benzene rings is 5. The standard InChI is InChI=1S/C37H34O2Si/c1-36(2,3)40(4,5)39-28-18-14-25(15-19-28)27-16-20-34-32(24-27)30-12-8-9-13-33(30)37(34)23-22-31-29-11-7-6-10-26(29)17-21-35(31)38-37/h6-24H,1-5H3. The fourth-order valence-corrected chi connectivity index (χ4v) is 6.89. The van der Waals surface area contributed by atoms with Crippen LogP contribution in [-0.4, -0.2) is 8.32 Å². The lowest BCUT2D eigenvalue weighted by Crippen LogP contribution is -2.43. The number of rotatable bonds is 3. The Kier molecular flexibility index (Phi) is 5.43. The van der Waals surface area contributed by atoms with E-state index in [0.717, 1.165) is 17.1 Å². The first kappa shape index (κ1) is 24.9. The van der Waals surface area contributed by atoms with Gasteiger partial charge in [-0.1, -0.05) is 99.6 Å². The van der Waals surface area contributed by atoms with Gasteiger partial charge in [0.2, 0.25) is 8.32 Å². The first-order valence-electron chi connectivity index (χ1n) is 14.1. The smallest absolute Gasteiger partial charge is 0.250 e. The maximum Gasteiger partial charge on any atom is 0.250 e. The topological polar surface area (TPSA) is 18.5 Å². The lowest BCUT2D eigenvalue weighted by Gasteiger charge is -2.36. The minimum Gasteiger partial charge on any atom is -0.544 e. The molecule has 5 aromatic rings. The molecule has 0 bridgehead atoms. The van der Waals surface area contributed by atoms with E-state index in [4.69, 9.17) is 9.16 Å². The van der Waals surface area contributed by atoms with Gasteiger partial charge in [0.15, 0.2) is 5.60 Å². The van der Waals surface area contributed by atoms with Crippen molar-refractivity contribution in [1.82, 2.24) is 0 Å². The van der Waals surface area contributed by atoms with Gasteiger partial charge in [0, 0.05) is 16.7 Å². The second-order valence-electron chi connectivity index (χ2n) is 12.6. The molecule has 0 amide bonds. The van der Waals surface area contributed by atoms with Gasteiger partial charge in [-0.3, -0.25) is 0 Å². The second kappa shape index (κ2) is 8.71. The van der Waals surface area contributed by atoms with Crippen molar-refractivity contribution in [2.75, 3.05) is 0 Å². The van der Waals surface area contributed by atoms with Gasteiger partial charge in [0.25, 0.3) is 0 Å². The molecule has 2 aliphatic rings. The molecule has 5 aromatic carbocycles. The largest absolute Gasteiger partial charge is 0.544 e. The molecule has 7 rings (SSSR count). The van der Waals surface area contributed by atoms with Crippen LogP contribution in [0.15, 0.2) is 109 Å². The van der Waals surface area contributed by atoms with Crippen molar-refractivity contribution in [3.63, 3.8) is 0 Å². The molecule has 40 heavy (non-hydrogen) atoms. The van der Waals surface area contributed by atoms with Crippen LogP contribution in [0.3, 0.4) is 0 Å². The Morgan fingerprint density at radius 3 is 2.20 bits per heavy atom. The van der Waals surface area contributed by atoms with E-state index in [1.165, 1.54) is 44.2 Å². The molecule has 198 valence electrons. The fourth-order valence-electron chi connectivity index (χ4n) is 5.85. The van der Waals surface area contributed by atoms with Crippen molar-refractivity contribution >= 4 is 25.2 Å². The minimum absolute atomic E-state index is 0.165. The maximum absolute atomic E-state index is 6.98. The van der Waals surface area contributed by atoms with Crippen LogP contribution >= 0.6 is 0 Å². The average Bonchev–Trinajstić information content (AvgIpc) is 3.21. The zero-order chi connectivity index (χ0) is 27.7. The number of ether oxygens (including phenoxy) is 1. The summed E-state index contributed by atoms with van der Waals surface area (Å²) in [6, 6.07) is 36.8. The van der Waals surface area contributed by atoms with Crippen LogP contribution in [0.1, 0.15) is 37.5 Å². The normalized spacial score (nSPS) is 17.3. The Balaban J connectivity index is 1.28. The van der Waals surface area contributed by atoms with Crippen LogP contribution in [0.2, 0.25) is 18.1 Å². The highest BCUT2D eigenvalue weighted by Gasteiger charge is 2.45. The fraction of sp³-hybridized carbons (Fsp3) is 0.189. The third-order valence-electron chi connectivity index (χ3n) is 9.09. The molecule has 0 aromatic heterocycles. The summed E-state index contributed by atoms with van der Waals surface area (Å²) >= 11 is 0. The van der Waals surface area contributed by atoms with Crippen LogP contribution in [0, 0.1) is 0 Å². The van der Waals surface area contributed by atoms with Crippen LogP contribution in [0.25, 0.3) is 39.1 Å². The van der Waals surface area contributed by atoms with Gasteiger partial charge in [-0.15, -0.1) is 0 Å². The highest BCUT2D eigenvalue weighted by atomic mass is 28.4. The van der Waals surface area contributed by atoms with Crippen LogP contribution in [0.5, 0.6) is 11.5 Å². The molecule has 0 saturated heterocycles. The highest BCUT2D eigenvalue weighted by Crippen LogP contribution is 2.54. The Morgan fingerprint density at radius 1 is 0.700 bits per heavy atom. The van der Waals surface area contributed by atoms with E-state index in [9.17, 15) is 0 Å². The number of fused-ring (bicyclic) bond motifs is 8. The van der Waals surface area contributed by atoms with E-state index >= 15 is 0 Å². The second-order valence-corrected chi connectivity index (χ2v) is 17.3. The molecule has 0 saturated carbocycles. The van der Waals surface area contributed by atoms with Crippen molar-refractivity contribution in [3.8, 4) is 33.8 Å². The first-order valence-corrected chi connectivity index (χ1v) is 17.0. The summed E-state index contributed by atoms with van der Waals surface area (Å²) in [6.45, 7) is 11.4. The molecule has 3 heteroatoms. The zero-order valence-corrected chi connectivity index (χ0v) is 24.8. The van der Waals surface area contributed by atoms with E-state index in [-0.39, 0.29) is 5.04 Å². The number of hydrogen-bond acceptors (Lipinski definition) is 2. The van der Waals surface area contributed by atoms with Crippen molar-refractivity contribution in [2.24, 2.45) is 0 Å². The van der Waals surface area contributed by atoms with E-state index in [2.05, 4.69) is 149 Å². The zero-order valence-electron chi connectivity index (χ0n) is 23.8. The molecule has 0 fully saturated rings. The van der Waals surface area contributed by atoms with Gasteiger partial charge < -0.3 is 9.16 Å². The molecule has 0 radical (unpaired) electrons. The van der Waals surface area contributed by atoms with Crippen LogP contribution in [-0.2, 0) is 5.60 Å². The van der Waals surface area contributed by atoms with Gasteiger partial charge in [0.05, 0.1) is 0 Å². The van der Waals surface area contributed by atoms with E-state index in [1.807, 2.05) is 0 Å². The third kappa shape index (κ3) is 3.76. The Labute approximate surface area is 238 Å². The van der Waals surface area contributed by atoms with E-state index in [0.29, 0.717) is 0 Å². The van der Waals surface area contributed by atoms with Gasteiger partial charge in [0.1, 0.15) is 11.5 Å². The summed E-state index contributed by atoms with van der Waals surface area (Å²) in [6.07, 6.45) is 4.50. The first-order chi connectivity index (χ1) is 19.2. The molecule has 1 aliphatic heterocycles. The predicted molar refractivity (Wildman–Crippen MR) is 170 cm³/mol. The monoisotopic (exact) mass is 538 g/mol. The van der Waals surface area contributed by atoms with Crippen LogP contribution in [0.4, 0.5) is 0 Å². The molecular weight excluding hydrogens is 504 g/mol. The van der Waals surface area contributed by atoms with Gasteiger partial charge >= 0.3 is 0 Å². The molecule has 1 spiro atoms. The van der Waals surface area contributed by atoms with Crippen molar-refractivity contribution in [3.05, 3.63) is 126 Å². The lowest BCUT2D eigenvalue weighted by atomic mass is 9.86. The van der Waals surface area contributed by atoms with Crippen molar-refractivity contribution < 1.29 is 9.16 Å². The summed E-state index contributed by atoms with van der Waals surface area (Å²) in [7, 11) is -1.88. The van der Waals surface area contributed by atoms with Gasteiger partial charge in [-0.25, -0.2) is 0 Å². The minimum atomic E-state index is -1.88. The van der Waals surface area contributed by atoms with Crippen LogP contribution < -0.4 is 9.16 Å². The van der Waals surface area contributed by atoms with Gasteiger partial charge in [-0.2, -0.15) is 0 Å². The summed E-state index contributed by atoms with van der Waals surface area (Å²) in [5.41, 5.74) is 7.71.